The van der Waals surface area contributed by atoms with Gasteiger partial charge in [0, 0.05) is 36.2 Å². The van der Waals surface area contributed by atoms with Crippen molar-refractivity contribution >= 4 is 23.2 Å². The molecule has 5 heteroatoms. The van der Waals surface area contributed by atoms with Crippen molar-refractivity contribution in [2.75, 3.05) is 17.3 Å². The average molecular weight is 384 g/mol. The number of fused-ring (bicyclic) bond motifs is 3. The minimum atomic E-state index is -1.22. The number of benzene rings is 3. The Morgan fingerprint density at radius 3 is 2.52 bits per heavy atom. The van der Waals surface area contributed by atoms with Crippen molar-refractivity contribution in [1.82, 2.24) is 0 Å². The van der Waals surface area contributed by atoms with Gasteiger partial charge in [0.15, 0.2) is 0 Å². The highest BCUT2D eigenvalue weighted by atomic mass is 16.5. The fraction of sp³-hybridized carbons (Fsp3) is 0.167. The van der Waals surface area contributed by atoms with Gasteiger partial charge in [0.2, 0.25) is 11.5 Å². The molecule has 3 aromatic rings. The molecule has 2 heterocycles. The van der Waals surface area contributed by atoms with E-state index in [1.807, 2.05) is 78.9 Å². The van der Waals surface area contributed by atoms with Gasteiger partial charge in [-0.2, -0.15) is 0 Å². The molecule has 2 aliphatic heterocycles. The van der Waals surface area contributed by atoms with E-state index in [9.17, 15) is 9.59 Å². The van der Waals surface area contributed by atoms with Crippen molar-refractivity contribution in [3.05, 3.63) is 90.0 Å². The molecule has 0 unspecified atom stereocenters. The smallest absolute Gasteiger partial charge is 0.276 e. The molecule has 5 rings (SSSR count). The molecule has 0 saturated carbocycles. The Kier molecular flexibility index (Phi) is 3.91. The van der Waals surface area contributed by atoms with Crippen molar-refractivity contribution in [3.63, 3.8) is 0 Å². The molecule has 5 nitrogen and oxygen atoms in total. The standard InChI is InChI=1S/C24H20N2O3/c1-26-20-13-7-6-12-18(20)24(23(26)28)19(17-11-5-8-14-21(17)29-24)15-22(27)25-16-9-3-2-4-10-16/h2-14,19H,15H2,1H3,(H,25,27)/t19-,24-/m0/s1. The Morgan fingerprint density at radius 1 is 1.00 bits per heavy atom. The third-order valence-corrected chi connectivity index (χ3v) is 5.79. The molecular formula is C24H20N2O3. The summed E-state index contributed by atoms with van der Waals surface area (Å²) in [4.78, 5) is 28.0. The first-order chi connectivity index (χ1) is 14.1. The number of likely N-dealkylation sites (N-methyl/N-ethyl adjacent to an activating group) is 1. The number of nitrogens with one attached hydrogen (secondary N) is 1. The second-order valence-corrected chi connectivity index (χ2v) is 7.43. The lowest BCUT2D eigenvalue weighted by Crippen LogP contribution is -2.45. The van der Waals surface area contributed by atoms with Crippen LogP contribution in [0.25, 0.3) is 0 Å². The minimum Gasteiger partial charge on any atom is -0.472 e. The lowest BCUT2D eigenvalue weighted by Gasteiger charge is -2.29. The zero-order chi connectivity index (χ0) is 20.0. The predicted octanol–water partition coefficient (Wildman–Crippen LogP) is 4.06. The number of carbonyl (C=O) groups excluding carboxylic acids is 2. The van der Waals surface area contributed by atoms with E-state index in [2.05, 4.69) is 5.32 Å². The number of ether oxygens (including phenoxy) is 1. The zero-order valence-electron chi connectivity index (χ0n) is 16.0. The van der Waals surface area contributed by atoms with Crippen LogP contribution in [0, 0.1) is 0 Å². The van der Waals surface area contributed by atoms with Crippen LogP contribution in [0.5, 0.6) is 5.75 Å². The lowest BCUT2D eigenvalue weighted by molar-refractivity contribution is -0.134. The molecule has 144 valence electrons. The normalized spacial score (nSPS) is 21.6. The third kappa shape index (κ3) is 2.54. The maximum Gasteiger partial charge on any atom is 0.276 e. The van der Waals surface area contributed by atoms with E-state index in [1.165, 1.54) is 0 Å². The van der Waals surface area contributed by atoms with Crippen molar-refractivity contribution in [2.45, 2.75) is 17.9 Å². The van der Waals surface area contributed by atoms with Crippen LogP contribution < -0.4 is 15.0 Å². The van der Waals surface area contributed by atoms with Crippen LogP contribution in [0.3, 0.4) is 0 Å². The molecule has 2 aliphatic rings. The fourth-order valence-electron chi connectivity index (χ4n) is 4.49. The van der Waals surface area contributed by atoms with E-state index in [0.717, 1.165) is 22.5 Å². The topological polar surface area (TPSA) is 58.6 Å². The second kappa shape index (κ2) is 6.48. The van der Waals surface area contributed by atoms with Crippen LogP contribution >= 0.6 is 0 Å². The summed E-state index contributed by atoms with van der Waals surface area (Å²) in [6, 6.07) is 24.6. The molecule has 0 radical (unpaired) electrons. The summed E-state index contributed by atoms with van der Waals surface area (Å²) in [5.41, 5.74) is 2.02. The Hall–Kier alpha value is -3.60. The van der Waals surface area contributed by atoms with Crippen LogP contribution in [-0.2, 0) is 15.2 Å². The summed E-state index contributed by atoms with van der Waals surface area (Å²) in [7, 11) is 1.75. The Labute approximate surface area is 168 Å². The van der Waals surface area contributed by atoms with Gasteiger partial charge in [-0.15, -0.1) is 0 Å². The van der Waals surface area contributed by atoms with E-state index in [0.29, 0.717) is 5.75 Å². The Balaban J connectivity index is 1.57. The largest absolute Gasteiger partial charge is 0.472 e. The molecule has 2 atom stereocenters. The highest BCUT2D eigenvalue weighted by Crippen LogP contribution is 2.57. The van der Waals surface area contributed by atoms with Gasteiger partial charge in [0.25, 0.3) is 5.91 Å². The molecule has 0 aromatic heterocycles. The van der Waals surface area contributed by atoms with Crippen LogP contribution in [-0.4, -0.2) is 18.9 Å². The van der Waals surface area contributed by atoms with Crippen molar-refractivity contribution < 1.29 is 14.3 Å². The summed E-state index contributed by atoms with van der Waals surface area (Å²) in [6.45, 7) is 0. The van der Waals surface area contributed by atoms with Crippen LogP contribution in [0.2, 0.25) is 0 Å². The molecule has 1 N–H and O–H groups in total. The number of hydrogen-bond donors (Lipinski definition) is 1. The first-order valence-corrected chi connectivity index (χ1v) is 9.62. The summed E-state index contributed by atoms with van der Waals surface area (Å²) in [6.07, 6.45) is 0.139. The number of nitrogens with zero attached hydrogens (tertiary/aromatic N) is 1. The maximum atomic E-state index is 13.5. The summed E-state index contributed by atoms with van der Waals surface area (Å²) in [5, 5.41) is 2.94. The van der Waals surface area contributed by atoms with Crippen molar-refractivity contribution in [1.29, 1.82) is 0 Å². The minimum absolute atomic E-state index is 0.139. The number of para-hydroxylation sites is 3. The molecule has 0 aliphatic carbocycles. The average Bonchev–Trinajstić information content (AvgIpc) is 3.18. The Bertz CT molecular complexity index is 1110. The first-order valence-electron chi connectivity index (χ1n) is 9.62. The molecule has 1 spiro atoms. The lowest BCUT2D eigenvalue weighted by atomic mass is 9.77. The van der Waals surface area contributed by atoms with Gasteiger partial charge in [0.05, 0.1) is 5.69 Å². The number of rotatable bonds is 3. The quantitative estimate of drug-likeness (QED) is 0.741. The summed E-state index contributed by atoms with van der Waals surface area (Å²) in [5.74, 6) is -0.0578. The third-order valence-electron chi connectivity index (χ3n) is 5.79. The molecule has 0 saturated heterocycles. The van der Waals surface area contributed by atoms with Gasteiger partial charge in [-0.05, 0) is 24.3 Å². The SMILES string of the molecule is CN1C(=O)[C@]2(Oc3ccccc3[C@@H]2CC(=O)Nc2ccccc2)c2ccccc21. The molecule has 0 fully saturated rings. The van der Waals surface area contributed by atoms with Gasteiger partial charge in [-0.1, -0.05) is 54.6 Å². The summed E-state index contributed by atoms with van der Waals surface area (Å²) < 4.78 is 6.36. The zero-order valence-corrected chi connectivity index (χ0v) is 16.0. The van der Waals surface area contributed by atoms with E-state index in [1.54, 1.807) is 11.9 Å². The highest BCUT2D eigenvalue weighted by molar-refractivity contribution is 6.08. The van der Waals surface area contributed by atoms with E-state index < -0.39 is 11.5 Å². The van der Waals surface area contributed by atoms with E-state index in [-0.39, 0.29) is 18.2 Å². The van der Waals surface area contributed by atoms with Crippen molar-refractivity contribution in [3.8, 4) is 5.75 Å². The number of carbonyl (C=O) groups is 2. The Morgan fingerprint density at radius 2 is 1.69 bits per heavy atom. The van der Waals surface area contributed by atoms with E-state index >= 15 is 0 Å². The maximum absolute atomic E-state index is 13.5. The monoisotopic (exact) mass is 384 g/mol. The first kappa shape index (κ1) is 17.5. The number of hydrogen-bond acceptors (Lipinski definition) is 3. The fourth-order valence-corrected chi connectivity index (χ4v) is 4.49. The highest BCUT2D eigenvalue weighted by Gasteiger charge is 2.61. The van der Waals surface area contributed by atoms with Gasteiger partial charge in [-0.3, -0.25) is 9.59 Å². The molecule has 29 heavy (non-hydrogen) atoms. The van der Waals surface area contributed by atoms with Gasteiger partial charge in [0.1, 0.15) is 5.75 Å². The second-order valence-electron chi connectivity index (χ2n) is 7.43. The number of amides is 2. The number of anilines is 2. The van der Waals surface area contributed by atoms with Crippen LogP contribution in [0.15, 0.2) is 78.9 Å². The van der Waals surface area contributed by atoms with Gasteiger partial charge >= 0.3 is 0 Å². The molecule has 3 aromatic carbocycles. The summed E-state index contributed by atoms with van der Waals surface area (Å²) >= 11 is 0. The van der Waals surface area contributed by atoms with Crippen molar-refractivity contribution in [2.24, 2.45) is 0 Å². The van der Waals surface area contributed by atoms with Crippen LogP contribution in [0.4, 0.5) is 11.4 Å². The molecular weight excluding hydrogens is 364 g/mol. The molecule has 2 amide bonds. The predicted molar refractivity (Wildman–Crippen MR) is 111 cm³/mol. The van der Waals surface area contributed by atoms with Gasteiger partial charge in [-0.25, -0.2) is 0 Å². The van der Waals surface area contributed by atoms with E-state index in [4.69, 9.17) is 4.74 Å². The molecule has 0 bridgehead atoms. The van der Waals surface area contributed by atoms with Gasteiger partial charge < -0.3 is 15.0 Å². The van der Waals surface area contributed by atoms with Crippen LogP contribution in [0.1, 0.15) is 23.5 Å².